The molecule has 0 amide bonds. The maximum Gasteiger partial charge on any atom is 0.202 e. The zero-order valence-electron chi connectivity index (χ0n) is 8.64. The predicted octanol–water partition coefficient (Wildman–Crippen LogP) is 2.72. The van der Waals surface area contributed by atoms with Gasteiger partial charge in [-0.05, 0) is 31.2 Å². The summed E-state index contributed by atoms with van der Waals surface area (Å²) in [5.74, 6) is 0.697. The standard InChI is InChI=1S/C11H10N2O2S/c1-7(14)8-2-4-9(5-3-8)15-10-6-13-11(12)16-10/h2-6H,1H3,(H2,12,13). The molecule has 2 aromatic rings. The van der Waals surface area contributed by atoms with Crippen molar-refractivity contribution in [3.8, 4) is 10.8 Å². The molecule has 0 saturated carbocycles. The van der Waals surface area contributed by atoms with E-state index >= 15 is 0 Å². The fraction of sp³-hybridized carbons (Fsp3) is 0.0909. The summed E-state index contributed by atoms with van der Waals surface area (Å²) in [7, 11) is 0. The summed E-state index contributed by atoms with van der Waals surface area (Å²) < 4.78 is 5.50. The molecule has 0 spiro atoms. The molecule has 5 heteroatoms. The van der Waals surface area contributed by atoms with Crippen LogP contribution >= 0.6 is 11.3 Å². The number of ketones is 1. The molecule has 16 heavy (non-hydrogen) atoms. The highest BCUT2D eigenvalue weighted by Crippen LogP contribution is 2.28. The lowest BCUT2D eigenvalue weighted by molar-refractivity contribution is 0.101. The number of carbonyl (C=O) groups excluding carboxylic acids is 1. The molecule has 2 rings (SSSR count). The van der Waals surface area contributed by atoms with Crippen LogP contribution in [0.15, 0.2) is 30.5 Å². The van der Waals surface area contributed by atoms with E-state index in [1.54, 1.807) is 30.5 Å². The second-order valence-electron chi connectivity index (χ2n) is 3.20. The number of rotatable bonds is 3. The van der Waals surface area contributed by atoms with Gasteiger partial charge in [0.1, 0.15) is 5.75 Å². The van der Waals surface area contributed by atoms with Crippen LogP contribution in [0.1, 0.15) is 17.3 Å². The molecule has 0 fully saturated rings. The first-order valence-electron chi connectivity index (χ1n) is 4.65. The van der Waals surface area contributed by atoms with E-state index in [0.29, 0.717) is 21.5 Å². The average Bonchev–Trinajstić information content (AvgIpc) is 2.65. The Balaban J connectivity index is 2.14. The zero-order valence-corrected chi connectivity index (χ0v) is 9.45. The van der Waals surface area contributed by atoms with Gasteiger partial charge in [-0.1, -0.05) is 11.3 Å². The van der Waals surface area contributed by atoms with E-state index in [4.69, 9.17) is 10.5 Å². The first kappa shape index (κ1) is 10.6. The Morgan fingerprint density at radius 2 is 2.06 bits per heavy atom. The molecule has 1 aromatic heterocycles. The minimum Gasteiger partial charge on any atom is -0.445 e. The van der Waals surface area contributed by atoms with Crippen LogP contribution in [0.3, 0.4) is 0 Å². The van der Waals surface area contributed by atoms with Gasteiger partial charge in [0.2, 0.25) is 5.06 Å². The zero-order chi connectivity index (χ0) is 11.5. The third-order valence-electron chi connectivity index (χ3n) is 1.98. The van der Waals surface area contributed by atoms with Crippen LogP contribution in [0.25, 0.3) is 0 Å². The van der Waals surface area contributed by atoms with Crippen LogP contribution in [0.2, 0.25) is 0 Å². The molecule has 1 heterocycles. The quantitative estimate of drug-likeness (QED) is 0.829. The number of ether oxygens (including phenoxy) is 1. The molecular weight excluding hydrogens is 224 g/mol. The van der Waals surface area contributed by atoms with Crippen molar-refractivity contribution in [3.63, 3.8) is 0 Å². The Morgan fingerprint density at radius 3 is 2.56 bits per heavy atom. The number of benzene rings is 1. The summed E-state index contributed by atoms with van der Waals surface area (Å²) in [6.45, 7) is 1.53. The molecule has 0 atom stereocenters. The molecule has 0 radical (unpaired) electrons. The molecule has 0 aliphatic heterocycles. The van der Waals surface area contributed by atoms with Crippen LogP contribution < -0.4 is 10.5 Å². The van der Waals surface area contributed by atoms with E-state index in [0.717, 1.165) is 0 Å². The third kappa shape index (κ3) is 2.38. The Bertz CT molecular complexity index is 505. The lowest BCUT2D eigenvalue weighted by atomic mass is 10.1. The van der Waals surface area contributed by atoms with Crippen LogP contribution in [-0.2, 0) is 0 Å². The molecule has 4 nitrogen and oxygen atoms in total. The fourth-order valence-corrected chi connectivity index (χ4v) is 1.75. The van der Waals surface area contributed by atoms with Gasteiger partial charge in [-0.25, -0.2) is 4.98 Å². The molecule has 82 valence electrons. The van der Waals surface area contributed by atoms with Gasteiger partial charge in [-0.15, -0.1) is 0 Å². The molecule has 2 N–H and O–H groups in total. The van der Waals surface area contributed by atoms with Gasteiger partial charge in [-0.2, -0.15) is 0 Å². The molecule has 0 saturated heterocycles. The van der Waals surface area contributed by atoms with E-state index in [9.17, 15) is 4.79 Å². The molecule has 1 aromatic carbocycles. The summed E-state index contributed by atoms with van der Waals surface area (Å²) in [6, 6.07) is 6.93. The van der Waals surface area contributed by atoms with Crippen molar-refractivity contribution < 1.29 is 9.53 Å². The van der Waals surface area contributed by atoms with Crippen molar-refractivity contribution in [1.82, 2.24) is 4.98 Å². The highest BCUT2D eigenvalue weighted by molar-refractivity contribution is 7.17. The van der Waals surface area contributed by atoms with Crippen molar-refractivity contribution in [2.75, 3.05) is 5.73 Å². The van der Waals surface area contributed by atoms with Crippen LogP contribution in [0, 0.1) is 0 Å². The number of aromatic nitrogens is 1. The maximum absolute atomic E-state index is 11.1. The molecular formula is C11H10N2O2S. The smallest absolute Gasteiger partial charge is 0.202 e. The second-order valence-corrected chi connectivity index (χ2v) is 4.22. The number of hydrogen-bond donors (Lipinski definition) is 1. The topological polar surface area (TPSA) is 65.2 Å². The first-order chi connectivity index (χ1) is 7.65. The number of anilines is 1. The van der Waals surface area contributed by atoms with Crippen LogP contribution in [0.4, 0.5) is 5.13 Å². The molecule has 0 aliphatic carbocycles. The Kier molecular flexibility index (Phi) is 2.87. The molecule has 0 unspecified atom stereocenters. The van der Waals surface area contributed by atoms with E-state index in [1.165, 1.54) is 18.3 Å². The maximum atomic E-state index is 11.1. The van der Waals surface area contributed by atoms with Gasteiger partial charge in [0.15, 0.2) is 10.9 Å². The minimum absolute atomic E-state index is 0.0357. The minimum atomic E-state index is 0.0357. The fourth-order valence-electron chi connectivity index (χ4n) is 1.19. The van der Waals surface area contributed by atoms with Gasteiger partial charge < -0.3 is 10.5 Å². The number of carbonyl (C=O) groups is 1. The number of nitrogens with zero attached hydrogens (tertiary/aromatic N) is 1. The van der Waals surface area contributed by atoms with Crippen molar-refractivity contribution in [2.45, 2.75) is 6.92 Å². The summed E-state index contributed by atoms with van der Waals surface area (Å²) >= 11 is 1.27. The molecule has 0 bridgehead atoms. The monoisotopic (exact) mass is 234 g/mol. The number of hydrogen-bond acceptors (Lipinski definition) is 5. The van der Waals surface area contributed by atoms with Gasteiger partial charge in [0.05, 0.1) is 6.20 Å². The van der Waals surface area contributed by atoms with E-state index in [-0.39, 0.29) is 5.78 Å². The summed E-state index contributed by atoms with van der Waals surface area (Å²) in [5.41, 5.74) is 6.14. The molecule has 0 aliphatic rings. The van der Waals surface area contributed by atoms with Gasteiger partial charge >= 0.3 is 0 Å². The third-order valence-corrected chi connectivity index (χ3v) is 2.69. The summed E-state index contributed by atoms with van der Waals surface area (Å²) in [5, 5.41) is 1.10. The Morgan fingerprint density at radius 1 is 1.38 bits per heavy atom. The van der Waals surface area contributed by atoms with Crippen LogP contribution in [0.5, 0.6) is 10.8 Å². The second kappa shape index (κ2) is 4.32. The number of Topliss-reactive ketones (excluding diaryl/α,β-unsaturated/α-hetero) is 1. The first-order valence-corrected chi connectivity index (χ1v) is 5.47. The van der Waals surface area contributed by atoms with Crippen LogP contribution in [-0.4, -0.2) is 10.8 Å². The predicted molar refractivity (Wildman–Crippen MR) is 63.0 cm³/mol. The largest absolute Gasteiger partial charge is 0.445 e. The number of nitrogen functional groups attached to an aromatic ring is 1. The number of nitrogens with two attached hydrogens (primary N) is 1. The van der Waals surface area contributed by atoms with Gasteiger partial charge in [0, 0.05) is 5.56 Å². The van der Waals surface area contributed by atoms with Gasteiger partial charge in [0.25, 0.3) is 0 Å². The summed E-state index contributed by atoms with van der Waals surface area (Å²) in [4.78, 5) is 14.9. The van der Waals surface area contributed by atoms with Crippen molar-refractivity contribution in [3.05, 3.63) is 36.0 Å². The van der Waals surface area contributed by atoms with E-state index in [1.807, 2.05) is 0 Å². The van der Waals surface area contributed by atoms with E-state index in [2.05, 4.69) is 4.98 Å². The normalized spacial score (nSPS) is 10.1. The lowest BCUT2D eigenvalue weighted by Gasteiger charge is -2.02. The highest BCUT2D eigenvalue weighted by atomic mass is 32.1. The highest BCUT2D eigenvalue weighted by Gasteiger charge is 2.03. The average molecular weight is 234 g/mol. The lowest BCUT2D eigenvalue weighted by Crippen LogP contribution is -1.90. The van der Waals surface area contributed by atoms with Gasteiger partial charge in [-0.3, -0.25) is 4.79 Å². The summed E-state index contributed by atoms with van der Waals surface area (Å²) in [6.07, 6.45) is 1.57. The number of thiazole rings is 1. The van der Waals surface area contributed by atoms with Crippen molar-refractivity contribution in [1.29, 1.82) is 0 Å². The van der Waals surface area contributed by atoms with Crippen molar-refractivity contribution >= 4 is 22.3 Å². The SMILES string of the molecule is CC(=O)c1ccc(Oc2cnc(N)s2)cc1. The van der Waals surface area contributed by atoms with Crippen molar-refractivity contribution in [2.24, 2.45) is 0 Å². The Labute approximate surface area is 96.7 Å². The Hall–Kier alpha value is -1.88. The van der Waals surface area contributed by atoms with E-state index < -0.39 is 0 Å².